The van der Waals surface area contributed by atoms with Gasteiger partial charge in [-0.2, -0.15) is 0 Å². The average Bonchev–Trinajstić information content (AvgIpc) is 2.92. The molecular weight excluding hydrogens is 556 g/mol. The summed E-state index contributed by atoms with van der Waals surface area (Å²) in [7, 11) is 3.03. The van der Waals surface area contributed by atoms with Gasteiger partial charge in [0.1, 0.15) is 24.7 Å². The van der Waals surface area contributed by atoms with E-state index in [1.165, 1.54) is 25.4 Å². The Morgan fingerprint density at radius 2 is 1.33 bits per heavy atom. The quantitative estimate of drug-likeness (QED) is 0.0596. The van der Waals surface area contributed by atoms with E-state index in [0.29, 0.717) is 17.9 Å². The fraction of sp³-hybridized carbons (Fsp3) is 0.636. The average molecular weight is 609 g/mol. The van der Waals surface area contributed by atoms with E-state index in [1.807, 2.05) is 12.1 Å². The summed E-state index contributed by atoms with van der Waals surface area (Å²) >= 11 is 0. The first-order valence-corrected chi connectivity index (χ1v) is 15.0. The summed E-state index contributed by atoms with van der Waals surface area (Å²) in [5, 5.41) is 0. The highest BCUT2D eigenvalue weighted by Gasteiger charge is 2.21. The molecule has 0 spiro atoms. The molecule has 10 nitrogen and oxygen atoms in total. The fourth-order valence-corrected chi connectivity index (χ4v) is 3.94. The molecule has 0 aromatic heterocycles. The van der Waals surface area contributed by atoms with Gasteiger partial charge in [-0.3, -0.25) is 0 Å². The molecule has 43 heavy (non-hydrogen) atoms. The van der Waals surface area contributed by atoms with Crippen molar-refractivity contribution in [1.29, 1.82) is 0 Å². The van der Waals surface area contributed by atoms with Gasteiger partial charge in [-0.1, -0.05) is 43.1 Å². The number of aryl methyl sites for hydroxylation is 1. The maximum Gasteiger partial charge on any atom is 0.511 e. The molecular formula is C33H52O10. The highest BCUT2D eigenvalue weighted by atomic mass is 16.8. The Morgan fingerprint density at radius 1 is 0.791 bits per heavy atom. The van der Waals surface area contributed by atoms with Crippen LogP contribution >= 0.6 is 0 Å². The molecule has 0 heterocycles. The van der Waals surface area contributed by atoms with Crippen molar-refractivity contribution in [3.05, 3.63) is 46.6 Å². The molecule has 1 aromatic carbocycles. The van der Waals surface area contributed by atoms with Crippen molar-refractivity contribution in [3.63, 3.8) is 0 Å². The van der Waals surface area contributed by atoms with E-state index in [2.05, 4.69) is 39.8 Å². The monoisotopic (exact) mass is 608 g/mol. The molecule has 0 amide bonds. The molecule has 2 unspecified atom stereocenters. The molecule has 1 aromatic rings. The van der Waals surface area contributed by atoms with Crippen LogP contribution in [0.3, 0.4) is 0 Å². The second-order valence-electron chi connectivity index (χ2n) is 10.4. The SMILES string of the molecule is CCCCCc1cc(OC(C)OC(=O)OCCOC)c(C/C=C(\C)CCC=C(C)C)c(OC(C)OC(=O)OCCOC)c1. The normalized spacial score (nSPS) is 12.6. The van der Waals surface area contributed by atoms with E-state index in [1.54, 1.807) is 13.8 Å². The van der Waals surface area contributed by atoms with Crippen LogP contribution in [-0.2, 0) is 41.3 Å². The Morgan fingerprint density at radius 3 is 1.79 bits per heavy atom. The Kier molecular flexibility index (Phi) is 19.6. The molecule has 10 heteroatoms. The predicted octanol–water partition coefficient (Wildman–Crippen LogP) is 7.70. The number of carbonyl (C=O) groups is 2. The van der Waals surface area contributed by atoms with Gasteiger partial charge < -0.3 is 37.9 Å². The van der Waals surface area contributed by atoms with E-state index in [0.717, 1.165) is 49.7 Å². The van der Waals surface area contributed by atoms with Crippen LogP contribution in [0, 0.1) is 0 Å². The maximum atomic E-state index is 12.1. The van der Waals surface area contributed by atoms with E-state index in [4.69, 9.17) is 37.9 Å². The Balaban J connectivity index is 3.33. The summed E-state index contributed by atoms with van der Waals surface area (Å²) in [5.41, 5.74) is 4.20. The van der Waals surface area contributed by atoms with Crippen LogP contribution in [0.15, 0.2) is 35.4 Å². The molecule has 0 fully saturated rings. The smallest absolute Gasteiger partial charge is 0.454 e. The van der Waals surface area contributed by atoms with Crippen molar-refractivity contribution in [2.45, 2.75) is 99.1 Å². The maximum absolute atomic E-state index is 12.1. The van der Waals surface area contributed by atoms with E-state index in [9.17, 15) is 9.59 Å². The van der Waals surface area contributed by atoms with Gasteiger partial charge in [0.2, 0.25) is 12.6 Å². The topological polar surface area (TPSA) is 108 Å². The molecule has 1 rings (SSSR count). The van der Waals surface area contributed by atoms with Crippen LogP contribution in [0.5, 0.6) is 11.5 Å². The van der Waals surface area contributed by atoms with Gasteiger partial charge in [0.05, 0.1) is 13.2 Å². The zero-order chi connectivity index (χ0) is 32.0. The summed E-state index contributed by atoms with van der Waals surface area (Å²) in [6.07, 6.45) is 6.99. The number of unbranched alkanes of at least 4 members (excludes halogenated alkanes) is 2. The van der Waals surface area contributed by atoms with Gasteiger partial charge in [0.15, 0.2) is 0 Å². The van der Waals surface area contributed by atoms with Crippen LogP contribution in [0.1, 0.15) is 84.8 Å². The first kappa shape index (κ1) is 37.8. The molecule has 0 aliphatic rings. The van der Waals surface area contributed by atoms with E-state index in [-0.39, 0.29) is 26.4 Å². The summed E-state index contributed by atoms with van der Waals surface area (Å²) in [4.78, 5) is 24.3. The lowest BCUT2D eigenvalue weighted by molar-refractivity contribution is -0.0596. The van der Waals surface area contributed by atoms with Gasteiger partial charge in [0.25, 0.3) is 0 Å². The number of ether oxygens (including phenoxy) is 8. The third-order valence-electron chi connectivity index (χ3n) is 6.17. The van der Waals surface area contributed by atoms with E-state index < -0.39 is 24.9 Å². The third kappa shape index (κ3) is 17.5. The molecule has 0 saturated carbocycles. The van der Waals surface area contributed by atoms with Crippen LogP contribution < -0.4 is 9.47 Å². The lowest BCUT2D eigenvalue weighted by Gasteiger charge is -2.22. The third-order valence-corrected chi connectivity index (χ3v) is 6.17. The lowest BCUT2D eigenvalue weighted by atomic mass is 10.00. The number of methoxy groups -OCH3 is 2. The molecule has 0 radical (unpaired) electrons. The molecule has 0 bridgehead atoms. The summed E-state index contributed by atoms with van der Waals surface area (Å²) < 4.78 is 42.8. The largest absolute Gasteiger partial charge is 0.511 e. The lowest BCUT2D eigenvalue weighted by Crippen LogP contribution is -2.24. The van der Waals surface area contributed by atoms with Crippen LogP contribution in [0.25, 0.3) is 0 Å². The minimum atomic E-state index is -0.945. The predicted molar refractivity (Wildman–Crippen MR) is 165 cm³/mol. The number of hydrogen-bond donors (Lipinski definition) is 0. The summed E-state index contributed by atoms with van der Waals surface area (Å²) in [6.45, 7) is 12.3. The van der Waals surface area contributed by atoms with Crippen molar-refractivity contribution in [2.75, 3.05) is 40.6 Å². The Bertz CT molecular complexity index is 960. The number of rotatable bonds is 21. The minimum absolute atomic E-state index is 0.0703. The minimum Gasteiger partial charge on any atom is -0.454 e. The second-order valence-corrected chi connectivity index (χ2v) is 10.4. The first-order valence-electron chi connectivity index (χ1n) is 15.0. The highest BCUT2D eigenvalue weighted by Crippen LogP contribution is 2.34. The van der Waals surface area contributed by atoms with Crippen molar-refractivity contribution in [1.82, 2.24) is 0 Å². The van der Waals surface area contributed by atoms with Crippen molar-refractivity contribution in [3.8, 4) is 11.5 Å². The van der Waals surface area contributed by atoms with Crippen molar-refractivity contribution < 1.29 is 47.5 Å². The van der Waals surface area contributed by atoms with Gasteiger partial charge in [-0.15, -0.1) is 0 Å². The standard InChI is InChI=1S/C33H52O10/c1-9-10-11-15-28-22-30(40-26(5)42-32(34)38-20-18-36-7)29(17-16-25(4)14-12-13-24(2)3)31(23-28)41-27(6)43-33(35)39-21-19-37-8/h13,16,22-23,26-27H,9-12,14-15,17-21H2,1-8H3/b25-16+. The molecule has 0 aliphatic heterocycles. The zero-order valence-electron chi connectivity index (χ0n) is 27.3. The van der Waals surface area contributed by atoms with Crippen LogP contribution in [0.4, 0.5) is 9.59 Å². The second kappa shape index (κ2) is 22.3. The summed E-state index contributed by atoms with van der Waals surface area (Å²) in [5.74, 6) is 1.01. The number of benzene rings is 1. The summed E-state index contributed by atoms with van der Waals surface area (Å²) in [6, 6.07) is 3.90. The Hall–Kier alpha value is -3.24. The fourth-order valence-electron chi connectivity index (χ4n) is 3.94. The van der Waals surface area contributed by atoms with Crippen molar-refractivity contribution >= 4 is 12.3 Å². The highest BCUT2D eigenvalue weighted by molar-refractivity contribution is 5.60. The zero-order valence-corrected chi connectivity index (χ0v) is 27.3. The molecule has 0 saturated heterocycles. The van der Waals surface area contributed by atoms with Gasteiger partial charge in [-0.05, 0) is 70.6 Å². The van der Waals surface area contributed by atoms with Gasteiger partial charge in [0, 0.05) is 33.6 Å². The van der Waals surface area contributed by atoms with Crippen LogP contribution in [-0.4, -0.2) is 65.5 Å². The number of carbonyl (C=O) groups excluding carboxylic acids is 2. The van der Waals surface area contributed by atoms with E-state index >= 15 is 0 Å². The molecule has 0 aliphatic carbocycles. The van der Waals surface area contributed by atoms with Gasteiger partial charge >= 0.3 is 12.3 Å². The van der Waals surface area contributed by atoms with Crippen molar-refractivity contribution in [2.24, 2.45) is 0 Å². The molecule has 0 N–H and O–H groups in total. The molecule has 244 valence electrons. The van der Waals surface area contributed by atoms with Gasteiger partial charge in [-0.25, -0.2) is 9.59 Å². The number of allylic oxidation sites excluding steroid dienone is 4. The first-order chi connectivity index (χ1) is 20.6. The van der Waals surface area contributed by atoms with Crippen LogP contribution in [0.2, 0.25) is 0 Å². The molecule has 2 atom stereocenters. The number of hydrogen-bond acceptors (Lipinski definition) is 10. The Labute approximate surface area is 257 Å².